The summed E-state index contributed by atoms with van der Waals surface area (Å²) in [6.07, 6.45) is 6.27. The monoisotopic (exact) mass is 462 g/mol. The smallest absolute Gasteiger partial charge is 0.193 e. The topological polar surface area (TPSA) is 44.0 Å². The lowest BCUT2D eigenvalue weighted by molar-refractivity contribution is 0.232. The highest BCUT2D eigenvalue weighted by molar-refractivity contribution is 14.0. The largest absolute Gasteiger partial charge is 0.469 e. The van der Waals surface area contributed by atoms with Crippen molar-refractivity contribution >= 4 is 29.9 Å². The molecular formula is C19H35IN4O. The maximum Gasteiger partial charge on any atom is 0.193 e. The average Bonchev–Trinajstić information content (AvgIpc) is 3.25. The van der Waals surface area contributed by atoms with Gasteiger partial charge in [0.05, 0.1) is 6.26 Å². The number of nitrogens with zero attached hydrogens (tertiary/aromatic N) is 3. The zero-order valence-electron chi connectivity index (χ0n) is 16.2. The van der Waals surface area contributed by atoms with Crippen molar-refractivity contribution in [1.82, 2.24) is 15.1 Å². The van der Waals surface area contributed by atoms with E-state index in [1.165, 1.54) is 19.4 Å². The fourth-order valence-corrected chi connectivity index (χ4v) is 3.25. The van der Waals surface area contributed by atoms with Crippen molar-refractivity contribution in [2.75, 3.05) is 33.2 Å². The molecule has 1 aliphatic heterocycles. The van der Waals surface area contributed by atoms with Gasteiger partial charge in [0, 0.05) is 38.6 Å². The van der Waals surface area contributed by atoms with Gasteiger partial charge >= 0.3 is 0 Å². The predicted molar refractivity (Wildman–Crippen MR) is 116 cm³/mol. The van der Waals surface area contributed by atoms with Crippen molar-refractivity contribution in [2.45, 2.75) is 58.5 Å². The van der Waals surface area contributed by atoms with Crippen molar-refractivity contribution in [3.05, 3.63) is 24.2 Å². The summed E-state index contributed by atoms with van der Waals surface area (Å²) < 4.78 is 5.40. The minimum absolute atomic E-state index is 0. The molecule has 1 saturated heterocycles. The zero-order chi connectivity index (χ0) is 17.4. The molecule has 5 nitrogen and oxygen atoms in total. The van der Waals surface area contributed by atoms with Gasteiger partial charge in [-0.2, -0.15) is 0 Å². The molecule has 1 aromatic heterocycles. The third-order valence-corrected chi connectivity index (χ3v) is 4.94. The van der Waals surface area contributed by atoms with Gasteiger partial charge in [0.15, 0.2) is 5.96 Å². The van der Waals surface area contributed by atoms with E-state index in [9.17, 15) is 0 Å². The number of likely N-dealkylation sites (N-methyl/N-ethyl adjacent to an activating group) is 2. The van der Waals surface area contributed by atoms with Gasteiger partial charge in [-0.1, -0.05) is 13.8 Å². The highest BCUT2D eigenvalue weighted by Gasteiger charge is 2.25. The fourth-order valence-electron chi connectivity index (χ4n) is 3.25. The molecule has 1 N–H and O–H groups in total. The van der Waals surface area contributed by atoms with Crippen LogP contribution in [0.2, 0.25) is 0 Å². The van der Waals surface area contributed by atoms with Gasteiger partial charge in [0.2, 0.25) is 0 Å². The first kappa shape index (κ1) is 22.3. The lowest BCUT2D eigenvalue weighted by atomic mass is 10.2. The Morgan fingerprint density at radius 1 is 1.48 bits per heavy atom. The van der Waals surface area contributed by atoms with Gasteiger partial charge in [-0.15, -0.1) is 24.0 Å². The molecule has 2 unspecified atom stereocenters. The lowest BCUT2D eigenvalue weighted by Crippen LogP contribution is -2.48. The molecule has 0 bridgehead atoms. The van der Waals surface area contributed by atoms with Gasteiger partial charge in [0.25, 0.3) is 0 Å². The predicted octanol–water partition coefficient (Wildman–Crippen LogP) is 3.60. The highest BCUT2D eigenvalue weighted by atomic mass is 127. The highest BCUT2D eigenvalue weighted by Crippen LogP contribution is 2.17. The van der Waals surface area contributed by atoms with Crippen LogP contribution in [0, 0.1) is 0 Å². The molecule has 0 aliphatic carbocycles. The van der Waals surface area contributed by atoms with Gasteiger partial charge < -0.3 is 14.6 Å². The summed E-state index contributed by atoms with van der Waals surface area (Å²) in [5, 5.41) is 3.58. The van der Waals surface area contributed by atoms with E-state index in [0.29, 0.717) is 12.1 Å². The molecule has 25 heavy (non-hydrogen) atoms. The summed E-state index contributed by atoms with van der Waals surface area (Å²) in [7, 11) is 2.16. The van der Waals surface area contributed by atoms with E-state index in [4.69, 9.17) is 9.41 Å². The normalized spacial score (nSPS) is 19.5. The molecule has 0 aromatic carbocycles. The number of likely N-dealkylation sites (tertiary alicyclic amines) is 1. The molecule has 6 heteroatoms. The van der Waals surface area contributed by atoms with Crippen molar-refractivity contribution in [1.29, 1.82) is 0 Å². The van der Waals surface area contributed by atoms with Crippen LogP contribution in [0.1, 0.15) is 45.8 Å². The number of nitrogens with one attached hydrogen (secondary N) is 1. The first-order valence-corrected chi connectivity index (χ1v) is 9.42. The van der Waals surface area contributed by atoms with Crippen LogP contribution in [0.15, 0.2) is 27.8 Å². The first-order chi connectivity index (χ1) is 11.6. The maximum absolute atomic E-state index is 5.40. The summed E-state index contributed by atoms with van der Waals surface area (Å²) >= 11 is 0. The Balaban J connectivity index is 0.00000312. The Hall–Kier alpha value is -0.760. The molecule has 1 aromatic rings. The Labute approximate surface area is 170 Å². The summed E-state index contributed by atoms with van der Waals surface area (Å²) in [5.41, 5.74) is 0. The minimum Gasteiger partial charge on any atom is -0.469 e. The summed E-state index contributed by atoms with van der Waals surface area (Å²) in [6, 6.07) is 5.02. The second-order valence-electron chi connectivity index (χ2n) is 6.79. The molecule has 1 aliphatic rings. The number of hydrogen-bond donors (Lipinski definition) is 1. The molecule has 2 rings (SSSR count). The van der Waals surface area contributed by atoms with Crippen LogP contribution in [-0.2, 0) is 6.42 Å². The van der Waals surface area contributed by atoms with E-state index in [2.05, 4.69) is 42.9 Å². The van der Waals surface area contributed by atoms with E-state index < -0.39 is 0 Å². The third-order valence-electron chi connectivity index (χ3n) is 4.94. The second-order valence-corrected chi connectivity index (χ2v) is 6.79. The summed E-state index contributed by atoms with van der Waals surface area (Å²) in [6.45, 7) is 10.8. The standard InChI is InChI=1S/C19H34N4O.HI/c1-5-16(3)21-19(20-12-11-18-10-8-14-24-18)22(4)15-17-9-7-13-23(17)6-2;/h8,10,14,16-17H,5-7,9,11-13,15H2,1-4H3,(H,20,21);1H. The number of halogens is 1. The van der Waals surface area contributed by atoms with Crippen molar-refractivity contribution in [2.24, 2.45) is 4.99 Å². The number of furan rings is 1. The SMILES string of the molecule is CCC(C)NC(=NCCc1ccco1)N(C)CC1CCCN1CC.I. The van der Waals surface area contributed by atoms with E-state index in [-0.39, 0.29) is 24.0 Å². The van der Waals surface area contributed by atoms with Crippen LogP contribution in [0.3, 0.4) is 0 Å². The van der Waals surface area contributed by atoms with E-state index in [1.807, 2.05) is 12.1 Å². The molecule has 0 amide bonds. The minimum atomic E-state index is 0. The molecule has 2 atom stereocenters. The molecule has 0 radical (unpaired) electrons. The van der Waals surface area contributed by atoms with Crippen LogP contribution >= 0.6 is 24.0 Å². The number of rotatable bonds is 8. The maximum atomic E-state index is 5.40. The van der Waals surface area contributed by atoms with Gasteiger partial charge in [-0.3, -0.25) is 9.89 Å². The number of guanidine groups is 1. The Morgan fingerprint density at radius 2 is 2.28 bits per heavy atom. The van der Waals surface area contributed by atoms with Crippen LogP contribution in [0.5, 0.6) is 0 Å². The van der Waals surface area contributed by atoms with Crippen molar-refractivity contribution < 1.29 is 4.42 Å². The van der Waals surface area contributed by atoms with Gasteiger partial charge in [-0.05, 0) is 51.4 Å². The Morgan fingerprint density at radius 3 is 2.92 bits per heavy atom. The van der Waals surface area contributed by atoms with Gasteiger partial charge in [-0.25, -0.2) is 0 Å². The molecule has 1 fully saturated rings. The van der Waals surface area contributed by atoms with E-state index in [0.717, 1.165) is 44.2 Å². The quantitative estimate of drug-likeness (QED) is 0.364. The van der Waals surface area contributed by atoms with Crippen LogP contribution in [-0.4, -0.2) is 61.1 Å². The van der Waals surface area contributed by atoms with E-state index in [1.54, 1.807) is 6.26 Å². The Bertz CT molecular complexity index is 492. The van der Waals surface area contributed by atoms with Gasteiger partial charge in [0.1, 0.15) is 5.76 Å². The fraction of sp³-hybridized carbons (Fsp3) is 0.737. The summed E-state index contributed by atoms with van der Waals surface area (Å²) in [4.78, 5) is 9.71. The molecule has 2 heterocycles. The Kier molecular flexibility index (Phi) is 10.5. The first-order valence-electron chi connectivity index (χ1n) is 9.42. The molecule has 0 spiro atoms. The van der Waals surface area contributed by atoms with E-state index >= 15 is 0 Å². The van der Waals surface area contributed by atoms with Crippen molar-refractivity contribution in [3.8, 4) is 0 Å². The third kappa shape index (κ3) is 7.17. The average molecular weight is 462 g/mol. The number of aliphatic imine (C=N–C) groups is 1. The molecule has 0 saturated carbocycles. The van der Waals surface area contributed by atoms with Crippen LogP contribution < -0.4 is 5.32 Å². The summed E-state index contributed by atoms with van der Waals surface area (Å²) in [5.74, 6) is 2.01. The van der Waals surface area contributed by atoms with Crippen LogP contribution in [0.4, 0.5) is 0 Å². The van der Waals surface area contributed by atoms with Crippen LogP contribution in [0.25, 0.3) is 0 Å². The lowest BCUT2D eigenvalue weighted by Gasteiger charge is -2.31. The second kappa shape index (κ2) is 11.8. The van der Waals surface area contributed by atoms with Crippen molar-refractivity contribution in [3.63, 3.8) is 0 Å². The molecule has 144 valence electrons. The zero-order valence-corrected chi connectivity index (χ0v) is 18.5. The number of hydrogen-bond acceptors (Lipinski definition) is 3. The molecular weight excluding hydrogens is 427 g/mol.